The molecule has 0 radical (unpaired) electrons. The van der Waals surface area contributed by atoms with Gasteiger partial charge in [0.1, 0.15) is 0 Å². The van der Waals surface area contributed by atoms with E-state index in [1.807, 2.05) is 0 Å². The highest BCUT2D eigenvalue weighted by atomic mass is 15.2. The molecular formula is C14H29N3. The monoisotopic (exact) mass is 239 g/mol. The maximum atomic E-state index is 3.83. The van der Waals surface area contributed by atoms with Crippen LogP contribution in [-0.4, -0.2) is 62.2 Å². The highest BCUT2D eigenvalue weighted by Crippen LogP contribution is 2.27. The fraction of sp³-hybridized carbons (Fsp3) is 1.00. The van der Waals surface area contributed by atoms with Crippen molar-refractivity contribution in [3.05, 3.63) is 0 Å². The van der Waals surface area contributed by atoms with Gasteiger partial charge in [-0.2, -0.15) is 0 Å². The first-order chi connectivity index (χ1) is 8.08. The van der Waals surface area contributed by atoms with E-state index in [1.54, 1.807) is 0 Å². The average Bonchev–Trinajstić information content (AvgIpc) is 2.30. The molecule has 0 aliphatic carbocycles. The van der Waals surface area contributed by atoms with Crippen molar-refractivity contribution in [1.29, 1.82) is 0 Å². The molecule has 3 aliphatic rings. The molecular weight excluding hydrogens is 210 g/mol. The lowest BCUT2D eigenvalue weighted by Gasteiger charge is -2.46. The summed E-state index contributed by atoms with van der Waals surface area (Å²) < 4.78 is 0. The molecule has 17 heavy (non-hydrogen) atoms. The molecule has 3 heterocycles. The van der Waals surface area contributed by atoms with Crippen LogP contribution in [0, 0.1) is 11.8 Å². The van der Waals surface area contributed by atoms with Crippen molar-refractivity contribution in [2.45, 2.75) is 38.8 Å². The Bertz CT molecular complexity index is 224. The number of hydrogen-bond acceptors (Lipinski definition) is 3. The van der Waals surface area contributed by atoms with Crippen LogP contribution < -0.4 is 5.32 Å². The number of hydrogen-bond donors (Lipinski definition) is 1. The van der Waals surface area contributed by atoms with Gasteiger partial charge in [-0.15, -0.1) is 0 Å². The second-order valence-corrected chi connectivity index (χ2v) is 6.43. The zero-order chi connectivity index (χ0) is 12.4. The number of fused-ring (bicyclic) bond motifs is 3. The highest BCUT2D eigenvalue weighted by molar-refractivity contribution is 4.91. The van der Waals surface area contributed by atoms with Crippen LogP contribution in [0.4, 0.5) is 0 Å². The van der Waals surface area contributed by atoms with Gasteiger partial charge in [0, 0.05) is 25.2 Å². The molecule has 2 bridgehead atoms. The summed E-state index contributed by atoms with van der Waals surface area (Å²) in [6.45, 7) is 9.74. The first kappa shape index (κ1) is 13.3. The van der Waals surface area contributed by atoms with Gasteiger partial charge in [-0.05, 0) is 51.9 Å². The zero-order valence-electron chi connectivity index (χ0n) is 11.9. The molecule has 3 saturated heterocycles. The smallest absolute Gasteiger partial charge is 0.0237 e. The lowest BCUT2D eigenvalue weighted by molar-refractivity contribution is 0.0673. The van der Waals surface area contributed by atoms with E-state index in [0.29, 0.717) is 6.04 Å². The van der Waals surface area contributed by atoms with Gasteiger partial charge in [0.05, 0.1) is 0 Å². The van der Waals surface area contributed by atoms with Crippen LogP contribution in [0.1, 0.15) is 26.7 Å². The Kier molecular flexibility index (Phi) is 4.45. The summed E-state index contributed by atoms with van der Waals surface area (Å²) in [5.74, 6) is 1.66. The molecule has 0 spiro atoms. The van der Waals surface area contributed by atoms with Crippen molar-refractivity contribution in [2.75, 3.05) is 40.3 Å². The van der Waals surface area contributed by atoms with Gasteiger partial charge < -0.3 is 15.1 Å². The van der Waals surface area contributed by atoms with Crippen molar-refractivity contribution < 1.29 is 0 Å². The molecule has 3 heteroatoms. The number of likely N-dealkylation sites (N-methyl/N-ethyl adjacent to an activating group) is 1. The molecule has 2 unspecified atom stereocenters. The molecule has 0 aromatic heterocycles. The quantitative estimate of drug-likeness (QED) is 0.779. The van der Waals surface area contributed by atoms with Crippen LogP contribution in [0.25, 0.3) is 0 Å². The van der Waals surface area contributed by atoms with E-state index in [-0.39, 0.29) is 0 Å². The van der Waals surface area contributed by atoms with Gasteiger partial charge in [-0.3, -0.25) is 0 Å². The third kappa shape index (κ3) is 3.21. The van der Waals surface area contributed by atoms with E-state index in [0.717, 1.165) is 24.4 Å². The predicted octanol–water partition coefficient (Wildman–Crippen LogP) is 1.26. The molecule has 0 aromatic rings. The minimum Gasteiger partial charge on any atom is -0.311 e. The minimum absolute atomic E-state index is 0.658. The summed E-state index contributed by atoms with van der Waals surface area (Å²) in [4.78, 5) is 4.98. The molecule has 3 aliphatic heterocycles. The third-order valence-electron chi connectivity index (χ3n) is 4.68. The van der Waals surface area contributed by atoms with Crippen LogP contribution in [0.3, 0.4) is 0 Å². The Labute approximate surface area is 107 Å². The van der Waals surface area contributed by atoms with Gasteiger partial charge >= 0.3 is 0 Å². The van der Waals surface area contributed by atoms with Crippen molar-refractivity contribution in [3.63, 3.8) is 0 Å². The van der Waals surface area contributed by atoms with Crippen LogP contribution in [-0.2, 0) is 0 Å². The van der Waals surface area contributed by atoms with Crippen LogP contribution >= 0.6 is 0 Å². The van der Waals surface area contributed by atoms with E-state index in [2.05, 4.69) is 43.1 Å². The first-order valence-corrected chi connectivity index (χ1v) is 7.20. The van der Waals surface area contributed by atoms with Gasteiger partial charge in [0.2, 0.25) is 0 Å². The summed E-state index contributed by atoms with van der Waals surface area (Å²) in [5, 5.41) is 3.83. The van der Waals surface area contributed by atoms with E-state index in [1.165, 1.54) is 32.5 Å². The Hall–Kier alpha value is -0.120. The maximum Gasteiger partial charge on any atom is 0.0237 e. The normalized spacial score (nSPS) is 34.6. The second kappa shape index (κ2) is 5.68. The molecule has 100 valence electrons. The molecule has 1 N–H and O–H groups in total. The van der Waals surface area contributed by atoms with E-state index >= 15 is 0 Å². The molecule has 0 amide bonds. The van der Waals surface area contributed by atoms with E-state index in [4.69, 9.17) is 0 Å². The topological polar surface area (TPSA) is 18.5 Å². The number of piperidine rings is 3. The van der Waals surface area contributed by atoms with Crippen LogP contribution in [0.5, 0.6) is 0 Å². The average molecular weight is 239 g/mol. The third-order valence-corrected chi connectivity index (χ3v) is 4.68. The second-order valence-electron chi connectivity index (χ2n) is 6.43. The first-order valence-electron chi connectivity index (χ1n) is 7.20. The van der Waals surface area contributed by atoms with Gasteiger partial charge in [-0.1, -0.05) is 13.8 Å². The SMILES string of the molecule is CC(C)C(CNC1CN2CCC1CC2)N(C)C. The number of nitrogens with one attached hydrogen (secondary N) is 1. The lowest BCUT2D eigenvalue weighted by atomic mass is 9.84. The minimum atomic E-state index is 0.658. The standard InChI is InChI=1S/C14H29N3/c1-11(2)14(16(3)4)9-15-13-10-17-7-5-12(13)6-8-17/h11-15H,5-10H2,1-4H3. The lowest BCUT2D eigenvalue weighted by Crippen LogP contribution is -2.58. The summed E-state index contributed by atoms with van der Waals surface area (Å²) in [6, 6.07) is 1.41. The molecule has 2 atom stereocenters. The molecule has 0 saturated carbocycles. The van der Waals surface area contributed by atoms with Crippen LogP contribution in [0.2, 0.25) is 0 Å². The molecule has 3 nitrogen and oxygen atoms in total. The Balaban J connectivity index is 1.81. The molecule has 3 rings (SSSR count). The summed E-state index contributed by atoms with van der Waals surface area (Å²) >= 11 is 0. The molecule has 0 aromatic carbocycles. The Morgan fingerprint density at radius 1 is 1.24 bits per heavy atom. The van der Waals surface area contributed by atoms with Gasteiger partial charge in [0.15, 0.2) is 0 Å². The Morgan fingerprint density at radius 3 is 2.29 bits per heavy atom. The predicted molar refractivity (Wildman–Crippen MR) is 73.3 cm³/mol. The fourth-order valence-electron chi connectivity index (χ4n) is 3.48. The van der Waals surface area contributed by atoms with Crippen molar-refractivity contribution in [2.24, 2.45) is 11.8 Å². The van der Waals surface area contributed by atoms with E-state index < -0.39 is 0 Å². The Morgan fingerprint density at radius 2 is 1.88 bits per heavy atom. The maximum absolute atomic E-state index is 3.83. The van der Waals surface area contributed by atoms with Gasteiger partial charge in [0.25, 0.3) is 0 Å². The van der Waals surface area contributed by atoms with Crippen molar-refractivity contribution in [1.82, 2.24) is 15.1 Å². The van der Waals surface area contributed by atoms with E-state index in [9.17, 15) is 0 Å². The number of nitrogens with zero attached hydrogens (tertiary/aromatic N) is 2. The zero-order valence-corrected chi connectivity index (χ0v) is 11.9. The van der Waals surface area contributed by atoms with Crippen LogP contribution in [0.15, 0.2) is 0 Å². The fourth-order valence-corrected chi connectivity index (χ4v) is 3.48. The summed E-state index contributed by atoms with van der Waals surface area (Å²) in [7, 11) is 4.39. The highest BCUT2D eigenvalue weighted by Gasteiger charge is 2.34. The van der Waals surface area contributed by atoms with Crippen molar-refractivity contribution >= 4 is 0 Å². The summed E-state index contributed by atoms with van der Waals surface area (Å²) in [5.41, 5.74) is 0. The van der Waals surface area contributed by atoms with Crippen molar-refractivity contribution in [3.8, 4) is 0 Å². The number of rotatable bonds is 5. The summed E-state index contributed by atoms with van der Waals surface area (Å²) in [6.07, 6.45) is 2.82. The molecule has 3 fully saturated rings. The van der Waals surface area contributed by atoms with Gasteiger partial charge in [-0.25, -0.2) is 0 Å². The largest absolute Gasteiger partial charge is 0.311 e.